The van der Waals surface area contributed by atoms with Gasteiger partial charge in [-0.25, -0.2) is 0 Å². The van der Waals surface area contributed by atoms with Crippen LogP contribution in [-0.2, 0) is 16.1 Å². The molecule has 2 atom stereocenters. The van der Waals surface area contributed by atoms with Crippen molar-refractivity contribution >= 4 is 5.97 Å². The van der Waals surface area contributed by atoms with Gasteiger partial charge in [0.15, 0.2) is 0 Å². The van der Waals surface area contributed by atoms with Gasteiger partial charge >= 0.3 is 5.97 Å². The highest BCUT2D eigenvalue weighted by atomic mass is 16.5. The average Bonchev–Trinajstić information content (AvgIpc) is 2.86. The minimum absolute atomic E-state index is 0.168. The summed E-state index contributed by atoms with van der Waals surface area (Å²) in [6.45, 7) is 4.06. The molecule has 90 valence electrons. The summed E-state index contributed by atoms with van der Waals surface area (Å²) in [6.07, 6.45) is 3.61. The van der Waals surface area contributed by atoms with Crippen molar-refractivity contribution in [2.24, 2.45) is 0 Å². The standard InChI is InChI=1S/C14H17NO2/c1-2-12-8-9-13(15-12)14(16)17-10-11-6-4-3-5-7-11/h2-7,12-13,15H,1,8-10H2/t12-,13+/m1/s1. The molecule has 1 aliphatic heterocycles. The van der Waals surface area contributed by atoms with Gasteiger partial charge in [0, 0.05) is 6.04 Å². The van der Waals surface area contributed by atoms with Crippen LogP contribution >= 0.6 is 0 Å². The Hall–Kier alpha value is -1.61. The topological polar surface area (TPSA) is 38.3 Å². The Morgan fingerprint density at radius 1 is 1.41 bits per heavy atom. The van der Waals surface area contributed by atoms with Crippen LogP contribution in [0.3, 0.4) is 0 Å². The molecule has 0 radical (unpaired) electrons. The van der Waals surface area contributed by atoms with Gasteiger partial charge in [-0.05, 0) is 18.4 Å². The van der Waals surface area contributed by atoms with E-state index in [-0.39, 0.29) is 18.1 Å². The van der Waals surface area contributed by atoms with Gasteiger partial charge in [-0.3, -0.25) is 10.1 Å². The van der Waals surface area contributed by atoms with Crippen molar-refractivity contribution in [3.8, 4) is 0 Å². The van der Waals surface area contributed by atoms with E-state index in [1.54, 1.807) is 0 Å². The molecule has 0 aromatic heterocycles. The van der Waals surface area contributed by atoms with Crippen molar-refractivity contribution < 1.29 is 9.53 Å². The van der Waals surface area contributed by atoms with Gasteiger partial charge in [-0.1, -0.05) is 36.4 Å². The highest BCUT2D eigenvalue weighted by Crippen LogP contribution is 2.14. The SMILES string of the molecule is C=C[C@@H]1CC[C@@H](C(=O)OCc2ccccc2)N1. The van der Waals surface area contributed by atoms with Crippen LogP contribution in [0.25, 0.3) is 0 Å². The summed E-state index contributed by atoms with van der Waals surface area (Å²) in [4.78, 5) is 11.8. The number of hydrogen-bond donors (Lipinski definition) is 1. The van der Waals surface area contributed by atoms with Crippen molar-refractivity contribution in [3.05, 3.63) is 48.6 Å². The molecule has 1 fully saturated rings. The third kappa shape index (κ3) is 3.17. The molecule has 0 spiro atoms. The maximum atomic E-state index is 11.8. The summed E-state index contributed by atoms with van der Waals surface area (Å²) in [5.41, 5.74) is 1.01. The molecule has 17 heavy (non-hydrogen) atoms. The summed E-state index contributed by atoms with van der Waals surface area (Å²) in [5.74, 6) is -0.168. The molecule has 0 bridgehead atoms. The molecule has 0 saturated carbocycles. The first kappa shape index (κ1) is 11.9. The predicted octanol–water partition coefficient (Wildman–Crippen LogP) is 2.04. The number of benzene rings is 1. The number of nitrogens with one attached hydrogen (secondary N) is 1. The Morgan fingerprint density at radius 3 is 2.82 bits per heavy atom. The van der Waals surface area contributed by atoms with Crippen molar-refractivity contribution in [2.75, 3.05) is 0 Å². The second-order valence-corrected chi connectivity index (χ2v) is 4.23. The fourth-order valence-corrected chi connectivity index (χ4v) is 1.97. The van der Waals surface area contributed by atoms with Gasteiger partial charge < -0.3 is 4.74 Å². The van der Waals surface area contributed by atoms with Crippen molar-refractivity contribution in [2.45, 2.75) is 31.5 Å². The zero-order valence-electron chi connectivity index (χ0n) is 9.76. The number of carbonyl (C=O) groups excluding carboxylic acids is 1. The Morgan fingerprint density at radius 2 is 2.18 bits per heavy atom. The number of ether oxygens (including phenoxy) is 1. The molecule has 1 aromatic rings. The number of hydrogen-bond acceptors (Lipinski definition) is 3. The van der Waals surface area contributed by atoms with Gasteiger partial charge in [-0.2, -0.15) is 0 Å². The average molecular weight is 231 g/mol. The zero-order valence-corrected chi connectivity index (χ0v) is 9.76. The van der Waals surface area contributed by atoms with Crippen LogP contribution in [0, 0.1) is 0 Å². The predicted molar refractivity (Wildman–Crippen MR) is 66.4 cm³/mol. The molecule has 3 heteroatoms. The summed E-state index contributed by atoms with van der Waals surface area (Å²) < 4.78 is 5.27. The van der Waals surface area contributed by atoms with E-state index >= 15 is 0 Å². The molecule has 1 aromatic carbocycles. The van der Waals surface area contributed by atoms with Gasteiger partial charge in [-0.15, -0.1) is 6.58 Å². The van der Waals surface area contributed by atoms with Crippen LogP contribution in [-0.4, -0.2) is 18.1 Å². The molecular formula is C14H17NO2. The Kier molecular flexibility index (Phi) is 3.94. The van der Waals surface area contributed by atoms with E-state index in [9.17, 15) is 4.79 Å². The molecule has 1 aliphatic rings. The van der Waals surface area contributed by atoms with E-state index in [0.29, 0.717) is 6.61 Å². The van der Waals surface area contributed by atoms with Crippen molar-refractivity contribution in [1.29, 1.82) is 0 Å². The summed E-state index contributed by atoms with van der Waals surface area (Å²) in [5, 5.41) is 3.18. The van der Waals surface area contributed by atoms with E-state index in [1.165, 1.54) is 0 Å². The van der Waals surface area contributed by atoms with Gasteiger partial charge in [0.2, 0.25) is 0 Å². The Bertz CT molecular complexity index is 388. The highest BCUT2D eigenvalue weighted by molar-refractivity contribution is 5.76. The van der Waals surface area contributed by atoms with Crippen molar-refractivity contribution in [1.82, 2.24) is 5.32 Å². The zero-order chi connectivity index (χ0) is 12.1. The van der Waals surface area contributed by atoms with Gasteiger partial charge in [0.25, 0.3) is 0 Å². The monoisotopic (exact) mass is 231 g/mol. The van der Waals surface area contributed by atoms with Gasteiger partial charge in [0.1, 0.15) is 12.6 Å². The Labute approximate surface area is 101 Å². The quantitative estimate of drug-likeness (QED) is 0.636. The first-order valence-corrected chi connectivity index (χ1v) is 5.89. The number of rotatable bonds is 4. The molecule has 1 N–H and O–H groups in total. The van der Waals surface area contributed by atoms with Crippen LogP contribution in [0.5, 0.6) is 0 Å². The van der Waals surface area contributed by atoms with Crippen LogP contribution < -0.4 is 5.32 Å². The maximum absolute atomic E-state index is 11.8. The molecule has 0 aliphatic carbocycles. The highest BCUT2D eigenvalue weighted by Gasteiger charge is 2.28. The summed E-state index contributed by atoms with van der Waals surface area (Å²) in [6, 6.07) is 9.77. The summed E-state index contributed by atoms with van der Waals surface area (Å²) >= 11 is 0. The second-order valence-electron chi connectivity index (χ2n) is 4.23. The number of carbonyl (C=O) groups is 1. The van der Waals surface area contributed by atoms with Crippen LogP contribution in [0.2, 0.25) is 0 Å². The lowest BCUT2D eigenvalue weighted by Crippen LogP contribution is -2.35. The fourth-order valence-electron chi connectivity index (χ4n) is 1.97. The minimum Gasteiger partial charge on any atom is -0.460 e. The van der Waals surface area contributed by atoms with E-state index < -0.39 is 0 Å². The third-order valence-corrected chi connectivity index (χ3v) is 2.97. The molecule has 3 nitrogen and oxygen atoms in total. The first-order valence-electron chi connectivity index (χ1n) is 5.89. The third-order valence-electron chi connectivity index (χ3n) is 2.97. The Balaban J connectivity index is 1.80. The normalized spacial score (nSPS) is 23.3. The van der Waals surface area contributed by atoms with Crippen LogP contribution in [0.1, 0.15) is 18.4 Å². The van der Waals surface area contributed by atoms with Crippen LogP contribution in [0.4, 0.5) is 0 Å². The molecule has 1 heterocycles. The summed E-state index contributed by atoms with van der Waals surface area (Å²) in [7, 11) is 0. The molecule has 1 saturated heterocycles. The molecule has 0 unspecified atom stereocenters. The lowest BCUT2D eigenvalue weighted by molar-refractivity contribution is -0.147. The van der Waals surface area contributed by atoms with E-state index in [0.717, 1.165) is 18.4 Å². The van der Waals surface area contributed by atoms with Gasteiger partial charge in [0.05, 0.1) is 0 Å². The minimum atomic E-state index is -0.179. The fraction of sp³-hybridized carbons (Fsp3) is 0.357. The smallest absolute Gasteiger partial charge is 0.323 e. The second kappa shape index (κ2) is 5.64. The molecule has 0 amide bonds. The lowest BCUT2D eigenvalue weighted by Gasteiger charge is -2.11. The van der Waals surface area contributed by atoms with E-state index in [4.69, 9.17) is 4.74 Å². The lowest BCUT2D eigenvalue weighted by atomic mass is 10.2. The molecular weight excluding hydrogens is 214 g/mol. The first-order chi connectivity index (χ1) is 8.29. The molecule has 2 rings (SSSR count). The van der Waals surface area contributed by atoms with Crippen molar-refractivity contribution in [3.63, 3.8) is 0 Å². The maximum Gasteiger partial charge on any atom is 0.323 e. The van der Waals surface area contributed by atoms with E-state index in [2.05, 4.69) is 11.9 Å². The number of esters is 1. The largest absolute Gasteiger partial charge is 0.460 e. The van der Waals surface area contributed by atoms with Crippen LogP contribution in [0.15, 0.2) is 43.0 Å². The van der Waals surface area contributed by atoms with E-state index in [1.807, 2.05) is 36.4 Å².